The molecule has 0 saturated carbocycles. The summed E-state index contributed by atoms with van der Waals surface area (Å²) in [5, 5.41) is 7.61. The average molecular weight is 277 g/mol. The van der Waals surface area contributed by atoms with Gasteiger partial charge < -0.3 is 10.1 Å². The average Bonchev–Trinajstić information content (AvgIpc) is 2.83. The summed E-state index contributed by atoms with van der Waals surface area (Å²) >= 11 is 0. The van der Waals surface area contributed by atoms with Crippen LogP contribution in [0.15, 0.2) is 30.5 Å². The van der Waals surface area contributed by atoms with Crippen molar-refractivity contribution in [1.82, 2.24) is 15.1 Å². The fourth-order valence-corrected chi connectivity index (χ4v) is 2.23. The predicted octanol–water partition coefficient (Wildman–Crippen LogP) is 2.46. The Labute approximate surface area is 118 Å². The van der Waals surface area contributed by atoms with Crippen molar-refractivity contribution >= 4 is 0 Å². The van der Waals surface area contributed by atoms with Crippen LogP contribution in [0.1, 0.15) is 24.2 Å². The van der Waals surface area contributed by atoms with Gasteiger partial charge in [0.15, 0.2) is 0 Å². The Balaban J connectivity index is 1.96. The van der Waals surface area contributed by atoms with Crippen molar-refractivity contribution in [3.05, 3.63) is 47.5 Å². The number of ether oxygens (including phenoxy) is 1. The van der Waals surface area contributed by atoms with Gasteiger partial charge in [-0.05, 0) is 25.1 Å². The van der Waals surface area contributed by atoms with Crippen LogP contribution in [-0.2, 0) is 13.5 Å². The van der Waals surface area contributed by atoms with Crippen molar-refractivity contribution < 1.29 is 9.13 Å². The Bertz CT molecular complexity index is 568. The van der Waals surface area contributed by atoms with Crippen molar-refractivity contribution in [2.75, 3.05) is 13.7 Å². The zero-order chi connectivity index (χ0) is 14.5. The van der Waals surface area contributed by atoms with Gasteiger partial charge >= 0.3 is 0 Å². The lowest BCUT2D eigenvalue weighted by Gasteiger charge is -2.17. The van der Waals surface area contributed by atoms with Crippen molar-refractivity contribution in [2.45, 2.75) is 19.4 Å². The molecule has 0 saturated heterocycles. The van der Waals surface area contributed by atoms with Crippen molar-refractivity contribution in [3.63, 3.8) is 0 Å². The fraction of sp³-hybridized carbons (Fsp3) is 0.400. The van der Waals surface area contributed by atoms with Gasteiger partial charge in [-0.15, -0.1) is 0 Å². The molecule has 2 rings (SSSR count). The number of hydrogen-bond donors (Lipinski definition) is 1. The van der Waals surface area contributed by atoms with E-state index in [2.05, 4.69) is 10.4 Å². The molecule has 108 valence electrons. The molecule has 20 heavy (non-hydrogen) atoms. The number of aryl methyl sites for hydroxylation is 1. The van der Waals surface area contributed by atoms with Crippen molar-refractivity contribution in [1.29, 1.82) is 0 Å². The van der Waals surface area contributed by atoms with Gasteiger partial charge in [0.25, 0.3) is 0 Å². The first kappa shape index (κ1) is 14.5. The lowest BCUT2D eigenvalue weighted by molar-refractivity contribution is 0.394. The van der Waals surface area contributed by atoms with Gasteiger partial charge in [0.05, 0.1) is 12.8 Å². The van der Waals surface area contributed by atoms with Gasteiger partial charge in [-0.2, -0.15) is 5.10 Å². The topological polar surface area (TPSA) is 39.1 Å². The molecule has 0 amide bonds. The van der Waals surface area contributed by atoms with Gasteiger partial charge in [-0.25, -0.2) is 4.39 Å². The summed E-state index contributed by atoms with van der Waals surface area (Å²) in [6.07, 6.45) is 2.72. The normalized spacial score (nSPS) is 12.4. The maximum atomic E-state index is 13.9. The Morgan fingerprint density at radius 1 is 1.40 bits per heavy atom. The number of aromatic nitrogens is 2. The van der Waals surface area contributed by atoms with Crippen LogP contribution in [0.5, 0.6) is 5.75 Å². The number of hydrogen-bond acceptors (Lipinski definition) is 3. The smallest absolute Gasteiger partial charge is 0.131 e. The van der Waals surface area contributed by atoms with E-state index in [-0.39, 0.29) is 11.9 Å². The maximum Gasteiger partial charge on any atom is 0.131 e. The largest absolute Gasteiger partial charge is 0.496 e. The first-order chi connectivity index (χ1) is 9.61. The van der Waals surface area contributed by atoms with Crippen LogP contribution < -0.4 is 10.1 Å². The molecule has 1 aromatic heterocycles. The molecule has 0 aliphatic carbocycles. The molecule has 1 aromatic carbocycles. The minimum Gasteiger partial charge on any atom is -0.496 e. The number of halogens is 1. The fourth-order valence-electron chi connectivity index (χ4n) is 2.23. The zero-order valence-electron chi connectivity index (χ0n) is 12.1. The van der Waals surface area contributed by atoms with Crippen LogP contribution >= 0.6 is 0 Å². The highest BCUT2D eigenvalue weighted by Gasteiger charge is 2.15. The molecule has 0 bridgehead atoms. The second-order valence-corrected chi connectivity index (χ2v) is 4.76. The van der Waals surface area contributed by atoms with E-state index in [0.29, 0.717) is 11.3 Å². The van der Waals surface area contributed by atoms with E-state index in [1.165, 1.54) is 6.07 Å². The second kappa shape index (κ2) is 6.52. The molecule has 5 heteroatoms. The molecule has 1 heterocycles. The minimum atomic E-state index is -0.248. The van der Waals surface area contributed by atoms with Crippen LogP contribution in [0.25, 0.3) is 0 Å². The number of nitrogens with one attached hydrogen (secondary N) is 1. The van der Waals surface area contributed by atoms with Gasteiger partial charge in [-0.3, -0.25) is 4.68 Å². The van der Waals surface area contributed by atoms with E-state index in [1.54, 1.807) is 23.9 Å². The summed E-state index contributed by atoms with van der Waals surface area (Å²) in [6.45, 7) is 2.66. The highest BCUT2D eigenvalue weighted by Crippen LogP contribution is 2.27. The third-order valence-corrected chi connectivity index (χ3v) is 3.27. The first-order valence-electron chi connectivity index (χ1n) is 6.66. The Morgan fingerprint density at radius 2 is 2.20 bits per heavy atom. The quantitative estimate of drug-likeness (QED) is 0.881. The molecule has 0 spiro atoms. The summed E-state index contributed by atoms with van der Waals surface area (Å²) in [5.41, 5.74) is 1.59. The molecular weight excluding hydrogens is 257 g/mol. The summed E-state index contributed by atoms with van der Waals surface area (Å²) < 4.78 is 20.9. The van der Waals surface area contributed by atoms with Crippen LogP contribution in [0, 0.1) is 5.82 Å². The van der Waals surface area contributed by atoms with Crippen LogP contribution in [-0.4, -0.2) is 23.4 Å². The third-order valence-electron chi connectivity index (χ3n) is 3.27. The highest BCUT2D eigenvalue weighted by atomic mass is 19.1. The number of nitrogens with zero attached hydrogens (tertiary/aromatic N) is 2. The molecule has 0 aliphatic rings. The van der Waals surface area contributed by atoms with Crippen LogP contribution in [0.4, 0.5) is 4.39 Å². The summed E-state index contributed by atoms with van der Waals surface area (Å²) in [4.78, 5) is 0. The van der Waals surface area contributed by atoms with Gasteiger partial charge in [0, 0.05) is 37.8 Å². The summed E-state index contributed by atoms with van der Waals surface area (Å²) in [5.74, 6) is 0.324. The first-order valence-corrected chi connectivity index (χ1v) is 6.66. The van der Waals surface area contributed by atoms with Crippen LogP contribution in [0.2, 0.25) is 0 Å². The molecule has 2 aromatic rings. The Kier molecular flexibility index (Phi) is 4.74. The highest BCUT2D eigenvalue weighted by molar-refractivity contribution is 5.36. The maximum absolute atomic E-state index is 13.9. The zero-order valence-corrected chi connectivity index (χ0v) is 12.1. The van der Waals surface area contributed by atoms with Crippen LogP contribution in [0.3, 0.4) is 0 Å². The van der Waals surface area contributed by atoms with E-state index in [4.69, 9.17) is 4.74 Å². The molecule has 0 radical (unpaired) electrons. The van der Waals surface area contributed by atoms with E-state index in [1.807, 2.05) is 26.2 Å². The predicted molar refractivity (Wildman–Crippen MR) is 76.3 cm³/mol. The van der Waals surface area contributed by atoms with E-state index < -0.39 is 0 Å². The van der Waals surface area contributed by atoms with E-state index in [9.17, 15) is 4.39 Å². The monoisotopic (exact) mass is 277 g/mol. The molecule has 0 aliphatic heterocycles. The Morgan fingerprint density at radius 3 is 2.85 bits per heavy atom. The summed E-state index contributed by atoms with van der Waals surface area (Å²) in [7, 11) is 3.45. The van der Waals surface area contributed by atoms with Gasteiger partial charge in [0.1, 0.15) is 11.6 Å². The SMILES string of the molecule is COc1cccc(F)c1C(C)NCCc1ccn(C)n1. The third kappa shape index (κ3) is 3.36. The molecule has 1 atom stereocenters. The van der Waals surface area contributed by atoms with E-state index >= 15 is 0 Å². The summed E-state index contributed by atoms with van der Waals surface area (Å²) in [6, 6.07) is 6.74. The Hall–Kier alpha value is -1.88. The second-order valence-electron chi connectivity index (χ2n) is 4.76. The minimum absolute atomic E-state index is 0.116. The lowest BCUT2D eigenvalue weighted by Crippen LogP contribution is -2.23. The molecule has 1 N–H and O–H groups in total. The molecule has 4 nitrogen and oxygen atoms in total. The van der Waals surface area contributed by atoms with Gasteiger partial charge in [-0.1, -0.05) is 6.07 Å². The van der Waals surface area contributed by atoms with Crippen molar-refractivity contribution in [3.8, 4) is 5.75 Å². The number of rotatable bonds is 6. The van der Waals surface area contributed by atoms with E-state index in [0.717, 1.165) is 18.7 Å². The number of methoxy groups -OCH3 is 1. The van der Waals surface area contributed by atoms with Gasteiger partial charge in [0.2, 0.25) is 0 Å². The molecule has 1 unspecified atom stereocenters. The standard InChI is InChI=1S/C15H20FN3O/c1-11(15-13(16)5-4-6-14(15)20-3)17-9-7-12-8-10-19(2)18-12/h4-6,8,10-11,17H,7,9H2,1-3H3. The molecular formula is C15H20FN3O. The number of benzene rings is 1. The molecule has 0 fully saturated rings. The lowest BCUT2D eigenvalue weighted by atomic mass is 10.1. The van der Waals surface area contributed by atoms with Crippen molar-refractivity contribution in [2.24, 2.45) is 7.05 Å².